The number of unbranched alkanes of at least 4 members (excludes halogenated alkanes) is 2. The van der Waals surface area contributed by atoms with Gasteiger partial charge in [-0.2, -0.15) is 0 Å². The Labute approximate surface area is 117 Å². The number of hydrogen-bond donors (Lipinski definition) is 0. The lowest BCUT2D eigenvalue weighted by Gasteiger charge is -2.08. The van der Waals surface area contributed by atoms with Gasteiger partial charge in [-0.3, -0.25) is 0 Å². The van der Waals surface area contributed by atoms with Crippen LogP contribution in [0.3, 0.4) is 0 Å². The third kappa shape index (κ3) is 7.72. The molecule has 1 rings (SSSR count). The summed E-state index contributed by atoms with van der Waals surface area (Å²) in [6, 6.07) is 9.92. The van der Waals surface area contributed by atoms with E-state index in [1.54, 1.807) is 0 Å². The van der Waals surface area contributed by atoms with Gasteiger partial charge >= 0.3 is 7.12 Å². The summed E-state index contributed by atoms with van der Waals surface area (Å²) >= 11 is 0. The van der Waals surface area contributed by atoms with Crippen molar-refractivity contribution in [3.05, 3.63) is 35.9 Å². The van der Waals surface area contributed by atoms with E-state index in [1.807, 2.05) is 30.3 Å². The van der Waals surface area contributed by atoms with Crippen LogP contribution in [0, 0.1) is 11.7 Å². The van der Waals surface area contributed by atoms with Crippen molar-refractivity contribution in [2.75, 3.05) is 13.2 Å². The lowest BCUT2D eigenvalue weighted by molar-refractivity contribution is 0.203. The van der Waals surface area contributed by atoms with Crippen molar-refractivity contribution >= 4 is 7.12 Å². The molecule has 3 heteroatoms. The molecule has 0 spiro atoms. The van der Waals surface area contributed by atoms with E-state index in [1.165, 1.54) is 0 Å². The van der Waals surface area contributed by atoms with Crippen LogP contribution in [0.15, 0.2) is 30.3 Å². The minimum absolute atomic E-state index is 0.404. The summed E-state index contributed by atoms with van der Waals surface area (Å²) in [6.45, 7) is 5.70. The van der Waals surface area contributed by atoms with E-state index in [9.17, 15) is 0 Å². The van der Waals surface area contributed by atoms with Gasteiger partial charge in [0.25, 0.3) is 0 Å². The Morgan fingerprint density at radius 3 is 2.05 bits per heavy atom. The largest absolute Gasteiger partial charge is 0.550 e. The van der Waals surface area contributed by atoms with E-state index in [0.29, 0.717) is 13.2 Å². The Morgan fingerprint density at radius 1 is 0.947 bits per heavy atom. The van der Waals surface area contributed by atoms with Crippen LogP contribution >= 0.6 is 0 Å². The van der Waals surface area contributed by atoms with E-state index < -0.39 is 7.12 Å². The van der Waals surface area contributed by atoms with E-state index in [2.05, 4.69) is 25.6 Å². The van der Waals surface area contributed by atoms with Crippen molar-refractivity contribution in [1.29, 1.82) is 0 Å². The van der Waals surface area contributed by atoms with E-state index in [4.69, 9.17) is 9.31 Å². The van der Waals surface area contributed by atoms with Crippen LogP contribution in [-0.2, 0) is 9.31 Å². The van der Waals surface area contributed by atoms with E-state index >= 15 is 0 Å². The van der Waals surface area contributed by atoms with Crippen molar-refractivity contribution in [2.24, 2.45) is 0 Å². The molecule has 0 amide bonds. The monoisotopic (exact) mass is 258 g/mol. The van der Waals surface area contributed by atoms with Gasteiger partial charge in [0, 0.05) is 18.8 Å². The van der Waals surface area contributed by atoms with Crippen molar-refractivity contribution in [3.63, 3.8) is 0 Å². The summed E-state index contributed by atoms with van der Waals surface area (Å²) in [5.41, 5.74) is 0.991. The number of hydrogen-bond acceptors (Lipinski definition) is 2. The standard InChI is InChI=1S/C16H23BO2/c1-3-5-14-18-17(19-15-6-4-2)13-12-16-10-8-7-9-11-16/h7-11H,3-6,14-15H2,1-2H3. The molecule has 0 aliphatic rings. The minimum atomic E-state index is -0.404. The molecule has 0 radical (unpaired) electrons. The van der Waals surface area contributed by atoms with Gasteiger partial charge in [0.15, 0.2) is 0 Å². The fourth-order valence-electron chi connectivity index (χ4n) is 1.46. The fourth-order valence-corrected chi connectivity index (χ4v) is 1.46. The molecule has 0 unspecified atom stereocenters. The maximum Gasteiger partial charge on any atom is 0.550 e. The highest BCUT2D eigenvalue weighted by atomic mass is 16.6. The van der Waals surface area contributed by atoms with E-state index in [0.717, 1.165) is 31.2 Å². The Bertz CT molecular complexity index is 371. The molecule has 102 valence electrons. The average Bonchev–Trinajstić information content (AvgIpc) is 2.45. The molecule has 1 aromatic carbocycles. The fraction of sp³-hybridized carbons (Fsp3) is 0.500. The molecule has 0 bridgehead atoms. The highest BCUT2D eigenvalue weighted by Gasteiger charge is 2.14. The highest BCUT2D eigenvalue weighted by Crippen LogP contribution is 1.99. The SMILES string of the molecule is CCCCOB(C#Cc1ccccc1)OCCCC. The lowest BCUT2D eigenvalue weighted by atomic mass is 9.90. The minimum Gasteiger partial charge on any atom is -0.400 e. The van der Waals surface area contributed by atoms with Crippen LogP contribution in [0.1, 0.15) is 45.1 Å². The van der Waals surface area contributed by atoms with Gasteiger partial charge in [-0.05, 0) is 25.0 Å². The average molecular weight is 258 g/mol. The molecule has 0 atom stereocenters. The zero-order valence-corrected chi connectivity index (χ0v) is 12.0. The van der Waals surface area contributed by atoms with Crippen LogP contribution in [0.4, 0.5) is 0 Å². The second-order valence-electron chi connectivity index (χ2n) is 4.42. The molecule has 1 aromatic rings. The molecule has 0 aliphatic carbocycles. The van der Waals surface area contributed by atoms with Crippen molar-refractivity contribution in [2.45, 2.75) is 39.5 Å². The third-order valence-corrected chi connectivity index (χ3v) is 2.64. The molecule has 19 heavy (non-hydrogen) atoms. The molecule has 0 saturated heterocycles. The highest BCUT2D eigenvalue weighted by molar-refractivity contribution is 6.54. The summed E-state index contributed by atoms with van der Waals surface area (Å²) in [5, 5.41) is 0. The zero-order valence-electron chi connectivity index (χ0n) is 12.0. The zero-order chi connectivity index (χ0) is 13.8. The first-order valence-corrected chi connectivity index (χ1v) is 7.16. The summed E-state index contributed by atoms with van der Waals surface area (Å²) < 4.78 is 11.3. The van der Waals surface area contributed by atoms with Crippen molar-refractivity contribution in [1.82, 2.24) is 0 Å². The molecule has 0 aromatic heterocycles. The normalized spacial score (nSPS) is 9.79. The smallest absolute Gasteiger partial charge is 0.400 e. The molecule has 0 saturated carbocycles. The van der Waals surface area contributed by atoms with Gasteiger partial charge in [-0.15, -0.1) is 0 Å². The van der Waals surface area contributed by atoms with Crippen LogP contribution in [0.25, 0.3) is 0 Å². The van der Waals surface area contributed by atoms with Gasteiger partial charge < -0.3 is 9.31 Å². The molecular weight excluding hydrogens is 235 g/mol. The molecule has 2 nitrogen and oxygen atoms in total. The Balaban J connectivity index is 2.49. The van der Waals surface area contributed by atoms with Gasteiger partial charge in [0.2, 0.25) is 0 Å². The second-order valence-corrected chi connectivity index (χ2v) is 4.42. The molecular formula is C16H23BO2. The quantitative estimate of drug-likeness (QED) is 0.402. The third-order valence-electron chi connectivity index (χ3n) is 2.64. The molecule has 0 aliphatic heterocycles. The van der Waals surface area contributed by atoms with Gasteiger partial charge in [-0.25, -0.2) is 0 Å². The van der Waals surface area contributed by atoms with Gasteiger partial charge in [0.1, 0.15) is 0 Å². The number of benzene rings is 1. The molecule has 0 heterocycles. The van der Waals surface area contributed by atoms with Crippen molar-refractivity contribution in [3.8, 4) is 11.7 Å². The van der Waals surface area contributed by atoms with Crippen molar-refractivity contribution < 1.29 is 9.31 Å². The first-order valence-electron chi connectivity index (χ1n) is 7.16. The summed E-state index contributed by atoms with van der Waals surface area (Å²) in [7, 11) is -0.404. The molecule has 0 fully saturated rings. The first kappa shape index (κ1) is 15.8. The van der Waals surface area contributed by atoms with Crippen LogP contribution < -0.4 is 0 Å². The van der Waals surface area contributed by atoms with E-state index in [-0.39, 0.29) is 0 Å². The van der Waals surface area contributed by atoms with Crippen LogP contribution in [-0.4, -0.2) is 20.3 Å². The first-order chi connectivity index (χ1) is 9.36. The van der Waals surface area contributed by atoms with Gasteiger partial charge in [0.05, 0.1) is 0 Å². The Kier molecular flexibility index (Phi) is 8.88. The number of rotatable bonds is 8. The molecule has 0 N–H and O–H groups in total. The Hall–Kier alpha value is -1.24. The summed E-state index contributed by atoms with van der Waals surface area (Å²) in [5.74, 6) is 6.16. The maximum atomic E-state index is 5.65. The maximum absolute atomic E-state index is 5.65. The topological polar surface area (TPSA) is 18.5 Å². The summed E-state index contributed by atoms with van der Waals surface area (Å²) in [4.78, 5) is 0. The predicted octanol–water partition coefficient (Wildman–Crippen LogP) is 3.70. The predicted molar refractivity (Wildman–Crippen MR) is 80.8 cm³/mol. The lowest BCUT2D eigenvalue weighted by Crippen LogP contribution is -2.22. The van der Waals surface area contributed by atoms with Gasteiger partial charge in [-0.1, -0.05) is 56.6 Å². The second kappa shape index (κ2) is 10.7. The van der Waals surface area contributed by atoms with Crippen LogP contribution in [0.5, 0.6) is 0 Å². The van der Waals surface area contributed by atoms with Crippen LogP contribution in [0.2, 0.25) is 0 Å². The Morgan fingerprint density at radius 2 is 1.53 bits per heavy atom. The summed E-state index contributed by atoms with van der Waals surface area (Å²) in [6.07, 6.45) is 4.32.